The fourth-order valence-corrected chi connectivity index (χ4v) is 1.85. The van der Waals surface area contributed by atoms with Gasteiger partial charge in [-0.25, -0.2) is 4.98 Å². The van der Waals surface area contributed by atoms with Crippen molar-refractivity contribution in [3.05, 3.63) is 57.8 Å². The number of rotatable bonds is 5. The predicted molar refractivity (Wildman–Crippen MR) is 79.4 cm³/mol. The molecule has 0 spiro atoms. The maximum atomic E-state index is 11.1. The smallest absolute Gasteiger partial charge is 0.311 e. The highest BCUT2D eigenvalue weighted by Crippen LogP contribution is 2.31. The Bertz CT molecular complexity index is 639. The first-order valence-corrected chi connectivity index (χ1v) is 6.68. The molecule has 0 bridgehead atoms. The topological polar surface area (TPSA) is 91.3 Å². The van der Waals surface area contributed by atoms with E-state index in [4.69, 9.17) is 10.5 Å². The second kappa shape index (κ2) is 6.32. The van der Waals surface area contributed by atoms with Crippen molar-refractivity contribution >= 4 is 5.69 Å². The van der Waals surface area contributed by atoms with E-state index in [0.29, 0.717) is 5.88 Å². The number of nitrogens with two attached hydrogens (primary N) is 1. The summed E-state index contributed by atoms with van der Waals surface area (Å²) in [4.78, 5) is 14.8. The Labute approximate surface area is 122 Å². The van der Waals surface area contributed by atoms with Crippen LogP contribution in [0.15, 0.2) is 36.5 Å². The minimum atomic E-state index is -0.454. The van der Waals surface area contributed by atoms with E-state index >= 15 is 0 Å². The first-order chi connectivity index (χ1) is 10.0. The molecule has 1 heterocycles. The standard InChI is InChI=1S/C15H17N3O3/c1-3-11-4-6-14(13(8-11)18(19)20)21-15-7-5-12(9-17-15)10(2)16/h4-10H,3,16H2,1-2H3/t10-/m0/s1. The largest absolute Gasteiger partial charge is 0.432 e. The van der Waals surface area contributed by atoms with Crippen LogP contribution >= 0.6 is 0 Å². The summed E-state index contributed by atoms with van der Waals surface area (Å²) in [5, 5.41) is 11.1. The van der Waals surface area contributed by atoms with Gasteiger partial charge < -0.3 is 10.5 Å². The number of nitro groups is 1. The summed E-state index contributed by atoms with van der Waals surface area (Å²) in [6.45, 7) is 3.79. The van der Waals surface area contributed by atoms with Crippen molar-refractivity contribution in [2.45, 2.75) is 26.3 Å². The van der Waals surface area contributed by atoms with E-state index in [0.717, 1.165) is 17.5 Å². The molecule has 0 amide bonds. The third kappa shape index (κ3) is 3.55. The molecule has 1 atom stereocenters. The Morgan fingerprint density at radius 3 is 2.67 bits per heavy atom. The number of hydrogen-bond acceptors (Lipinski definition) is 5. The molecule has 0 unspecified atom stereocenters. The zero-order valence-corrected chi connectivity index (χ0v) is 11.9. The summed E-state index contributed by atoms with van der Waals surface area (Å²) in [5.74, 6) is 0.477. The van der Waals surface area contributed by atoms with Crippen LogP contribution in [0, 0.1) is 10.1 Å². The van der Waals surface area contributed by atoms with E-state index in [2.05, 4.69) is 4.98 Å². The Morgan fingerprint density at radius 1 is 1.38 bits per heavy atom. The molecule has 0 saturated heterocycles. The second-order valence-corrected chi connectivity index (χ2v) is 4.73. The predicted octanol–water partition coefficient (Wildman–Crippen LogP) is 3.36. The molecule has 21 heavy (non-hydrogen) atoms. The van der Waals surface area contributed by atoms with Gasteiger partial charge in [0.05, 0.1) is 4.92 Å². The van der Waals surface area contributed by atoms with E-state index in [9.17, 15) is 10.1 Å². The maximum absolute atomic E-state index is 11.1. The van der Waals surface area contributed by atoms with Crippen LogP contribution in [-0.4, -0.2) is 9.91 Å². The van der Waals surface area contributed by atoms with Crippen LogP contribution in [0.1, 0.15) is 31.0 Å². The van der Waals surface area contributed by atoms with Gasteiger partial charge in [0.25, 0.3) is 0 Å². The zero-order valence-electron chi connectivity index (χ0n) is 11.9. The fourth-order valence-electron chi connectivity index (χ4n) is 1.85. The van der Waals surface area contributed by atoms with Crippen molar-refractivity contribution in [3.8, 4) is 11.6 Å². The van der Waals surface area contributed by atoms with E-state index < -0.39 is 4.92 Å². The highest BCUT2D eigenvalue weighted by molar-refractivity contribution is 5.50. The molecule has 2 rings (SSSR count). The summed E-state index contributed by atoms with van der Waals surface area (Å²) in [5.41, 5.74) is 7.44. The Morgan fingerprint density at radius 2 is 2.14 bits per heavy atom. The molecule has 2 aromatic rings. The molecule has 0 aliphatic rings. The molecule has 1 aromatic carbocycles. The van der Waals surface area contributed by atoms with Gasteiger partial charge in [-0.15, -0.1) is 0 Å². The van der Waals surface area contributed by atoms with Crippen LogP contribution in [-0.2, 0) is 6.42 Å². The van der Waals surface area contributed by atoms with Crippen molar-refractivity contribution in [2.24, 2.45) is 5.73 Å². The van der Waals surface area contributed by atoms with Crippen LogP contribution in [0.4, 0.5) is 5.69 Å². The summed E-state index contributed by atoms with van der Waals surface area (Å²) < 4.78 is 5.51. The third-order valence-electron chi connectivity index (χ3n) is 3.13. The van der Waals surface area contributed by atoms with Crippen molar-refractivity contribution in [1.82, 2.24) is 4.98 Å². The molecule has 110 valence electrons. The highest BCUT2D eigenvalue weighted by atomic mass is 16.6. The van der Waals surface area contributed by atoms with Gasteiger partial charge in [-0.05, 0) is 30.5 Å². The van der Waals surface area contributed by atoms with Gasteiger partial charge in [0.15, 0.2) is 0 Å². The fraction of sp³-hybridized carbons (Fsp3) is 0.267. The Balaban J connectivity index is 2.28. The lowest BCUT2D eigenvalue weighted by molar-refractivity contribution is -0.385. The molecule has 0 saturated carbocycles. The van der Waals surface area contributed by atoms with Crippen molar-refractivity contribution in [3.63, 3.8) is 0 Å². The van der Waals surface area contributed by atoms with E-state index in [-0.39, 0.29) is 17.5 Å². The number of ether oxygens (including phenoxy) is 1. The van der Waals surface area contributed by atoms with Gasteiger partial charge in [-0.2, -0.15) is 0 Å². The van der Waals surface area contributed by atoms with Gasteiger partial charge >= 0.3 is 5.69 Å². The molecule has 6 heteroatoms. The monoisotopic (exact) mass is 287 g/mol. The lowest BCUT2D eigenvalue weighted by atomic mass is 10.1. The van der Waals surface area contributed by atoms with Gasteiger partial charge in [0, 0.05) is 24.4 Å². The molecular weight excluding hydrogens is 270 g/mol. The molecule has 1 aromatic heterocycles. The van der Waals surface area contributed by atoms with Crippen molar-refractivity contribution < 1.29 is 9.66 Å². The molecule has 0 radical (unpaired) electrons. The summed E-state index contributed by atoms with van der Waals surface area (Å²) in [6.07, 6.45) is 2.33. The average molecular weight is 287 g/mol. The Hall–Kier alpha value is -2.47. The number of pyridine rings is 1. The lowest BCUT2D eigenvalue weighted by Gasteiger charge is -2.08. The maximum Gasteiger partial charge on any atom is 0.311 e. The number of nitro benzene ring substituents is 1. The summed E-state index contributed by atoms with van der Waals surface area (Å²) in [7, 11) is 0. The van der Waals surface area contributed by atoms with Crippen LogP contribution in [0.25, 0.3) is 0 Å². The minimum Gasteiger partial charge on any atom is -0.432 e. The molecule has 0 aliphatic heterocycles. The summed E-state index contributed by atoms with van der Waals surface area (Å²) in [6, 6.07) is 8.24. The SMILES string of the molecule is CCc1ccc(Oc2ccc([C@H](C)N)cn2)c([N+](=O)[O-])c1. The van der Waals surface area contributed by atoms with E-state index in [1.165, 1.54) is 6.07 Å². The first kappa shape index (κ1) is 14.9. The van der Waals surface area contributed by atoms with Crippen LogP contribution in [0.5, 0.6) is 11.6 Å². The molecule has 2 N–H and O–H groups in total. The number of aromatic nitrogens is 1. The normalized spacial score (nSPS) is 12.0. The van der Waals surface area contributed by atoms with E-state index in [1.807, 2.05) is 13.8 Å². The third-order valence-corrected chi connectivity index (χ3v) is 3.13. The van der Waals surface area contributed by atoms with Gasteiger partial charge in [-0.1, -0.05) is 19.1 Å². The van der Waals surface area contributed by atoms with Gasteiger partial charge in [0.2, 0.25) is 11.6 Å². The quantitative estimate of drug-likeness (QED) is 0.672. The summed E-state index contributed by atoms with van der Waals surface area (Å²) >= 11 is 0. The first-order valence-electron chi connectivity index (χ1n) is 6.68. The molecule has 0 aliphatic carbocycles. The lowest BCUT2D eigenvalue weighted by Crippen LogP contribution is -2.05. The Kier molecular flexibility index (Phi) is 4.49. The molecule has 6 nitrogen and oxygen atoms in total. The van der Waals surface area contributed by atoms with Crippen molar-refractivity contribution in [2.75, 3.05) is 0 Å². The van der Waals surface area contributed by atoms with Crippen LogP contribution < -0.4 is 10.5 Å². The number of nitrogens with zero attached hydrogens (tertiary/aromatic N) is 2. The molecular formula is C15H17N3O3. The average Bonchev–Trinajstić information content (AvgIpc) is 2.48. The number of benzene rings is 1. The highest BCUT2D eigenvalue weighted by Gasteiger charge is 2.17. The minimum absolute atomic E-state index is 0.0626. The number of aryl methyl sites for hydroxylation is 1. The van der Waals surface area contributed by atoms with Gasteiger partial charge in [-0.3, -0.25) is 10.1 Å². The van der Waals surface area contributed by atoms with Crippen LogP contribution in [0.3, 0.4) is 0 Å². The van der Waals surface area contributed by atoms with Crippen LogP contribution in [0.2, 0.25) is 0 Å². The van der Waals surface area contributed by atoms with Crippen molar-refractivity contribution in [1.29, 1.82) is 0 Å². The molecule has 0 fully saturated rings. The van der Waals surface area contributed by atoms with Gasteiger partial charge in [0.1, 0.15) is 0 Å². The zero-order chi connectivity index (χ0) is 15.4. The number of hydrogen-bond donors (Lipinski definition) is 1. The second-order valence-electron chi connectivity index (χ2n) is 4.73. The van der Waals surface area contributed by atoms with E-state index in [1.54, 1.807) is 30.5 Å².